The molecule has 0 spiro atoms. The van der Waals surface area contributed by atoms with Gasteiger partial charge in [0.25, 0.3) is 0 Å². The molecular weight excluding hydrogens is 326 g/mol. The highest BCUT2D eigenvalue weighted by Crippen LogP contribution is 2.19. The normalized spacial score (nSPS) is 15.9. The maximum atomic E-state index is 6.08. The number of halogens is 1. The van der Waals surface area contributed by atoms with Gasteiger partial charge < -0.3 is 14.8 Å². The maximum absolute atomic E-state index is 6.08. The van der Waals surface area contributed by atoms with Crippen molar-refractivity contribution in [2.24, 2.45) is 0 Å². The molecule has 1 N–H and O–H groups in total. The van der Waals surface area contributed by atoms with Gasteiger partial charge in [-0.1, -0.05) is 23.4 Å². The monoisotopic (exact) mass is 343 g/mol. The van der Waals surface area contributed by atoms with Gasteiger partial charge in [-0.05, 0) is 26.0 Å². The fraction of sp³-hybridized carbons (Fsp3) is 0.333. The first-order valence-corrected chi connectivity index (χ1v) is 8.08. The van der Waals surface area contributed by atoms with Crippen molar-refractivity contribution in [2.75, 3.05) is 20.3 Å². The molecule has 1 atom stereocenters. The summed E-state index contributed by atoms with van der Waals surface area (Å²) in [7, 11) is 1.58. The average Bonchev–Trinajstić information content (AvgIpc) is 2.55. The Morgan fingerprint density at radius 1 is 1.21 bits per heavy atom. The molecule has 1 saturated heterocycles. The number of hydrogen-bond donors (Lipinski definition) is 1. The Morgan fingerprint density at radius 3 is 2.62 bits per heavy atom. The van der Waals surface area contributed by atoms with E-state index < -0.39 is 0 Å². The third kappa shape index (κ3) is 3.97. The van der Waals surface area contributed by atoms with Crippen LogP contribution >= 0.6 is 11.6 Å². The number of hydrogen-bond acceptors (Lipinski definition) is 5. The van der Waals surface area contributed by atoms with Crippen LogP contribution in [0.3, 0.4) is 0 Å². The van der Waals surface area contributed by atoms with E-state index in [2.05, 4.69) is 27.1 Å². The molecule has 24 heavy (non-hydrogen) atoms. The van der Waals surface area contributed by atoms with Crippen LogP contribution in [0.1, 0.15) is 23.2 Å². The van der Waals surface area contributed by atoms with Crippen molar-refractivity contribution in [3.05, 3.63) is 46.5 Å². The molecule has 1 fully saturated rings. The molecule has 1 unspecified atom stereocenters. The zero-order valence-electron chi connectivity index (χ0n) is 13.6. The third-order valence-corrected chi connectivity index (χ3v) is 4.12. The lowest BCUT2D eigenvalue weighted by Gasteiger charge is -2.27. The second kappa shape index (κ2) is 7.52. The molecule has 1 aliphatic heterocycles. The second-order valence-electron chi connectivity index (χ2n) is 5.52. The first kappa shape index (κ1) is 16.6. The van der Waals surface area contributed by atoms with E-state index in [0.717, 1.165) is 24.2 Å². The Bertz CT molecular complexity index is 795. The SMILES string of the molecule is COc1cnc(Cl)c(C#Cc2cc(OCC3CCN3)cnc2C)c1. The Labute approximate surface area is 146 Å². The minimum Gasteiger partial charge on any atom is -0.495 e. The number of methoxy groups -OCH3 is 1. The molecule has 1 aliphatic rings. The Morgan fingerprint density at radius 2 is 1.92 bits per heavy atom. The molecule has 0 amide bonds. The van der Waals surface area contributed by atoms with Gasteiger partial charge >= 0.3 is 0 Å². The van der Waals surface area contributed by atoms with E-state index in [1.165, 1.54) is 0 Å². The maximum Gasteiger partial charge on any atom is 0.144 e. The molecule has 0 aliphatic carbocycles. The van der Waals surface area contributed by atoms with Crippen LogP contribution in [0.2, 0.25) is 5.15 Å². The molecule has 0 saturated carbocycles. The Balaban J connectivity index is 1.79. The van der Waals surface area contributed by atoms with Gasteiger partial charge in [0.15, 0.2) is 0 Å². The number of pyridine rings is 2. The first-order chi connectivity index (χ1) is 11.7. The van der Waals surface area contributed by atoms with Crippen LogP contribution in [0.4, 0.5) is 0 Å². The fourth-order valence-corrected chi connectivity index (χ4v) is 2.32. The van der Waals surface area contributed by atoms with Crippen molar-refractivity contribution < 1.29 is 9.47 Å². The predicted molar refractivity (Wildman–Crippen MR) is 92.7 cm³/mol. The summed E-state index contributed by atoms with van der Waals surface area (Å²) in [4.78, 5) is 8.41. The van der Waals surface area contributed by atoms with Crippen molar-refractivity contribution in [3.63, 3.8) is 0 Å². The molecule has 3 rings (SSSR count). The van der Waals surface area contributed by atoms with E-state index in [1.807, 2.05) is 13.0 Å². The van der Waals surface area contributed by atoms with Crippen LogP contribution in [0.15, 0.2) is 24.5 Å². The zero-order valence-corrected chi connectivity index (χ0v) is 14.4. The van der Waals surface area contributed by atoms with Crippen LogP contribution in [0.25, 0.3) is 0 Å². The molecule has 0 bridgehead atoms. The Kier molecular flexibility index (Phi) is 5.19. The number of aryl methyl sites for hydroxylation is 1. The Hall–Kier alpha value is -2.29. The first-order valence-electron chi connectivity index (χ1n) is 7.70. The average molecular weight is 344 g/mol. The van der Waals surface area contributed by atoms with Gasteiger partial charge in [-0.25, -0.2) is 4.98 Å². The third-order valence-electron chi connectivity index (χ3n) is 3.82. The van der Waals surface area contributed by atoms with Crippen molar-refractivity contribution >= 4 is 11.6 Å². The molecule has 5 nitrogen and oxygen atoms in total. The van der Waals surface area contributed by atoms with Crippen molar-refractivity contribution in [2.45, 2.75) is 19.4 Å². The highest BCUT2D eigenvalue weighted by molar-refractivity contribution is 6.30. The minimum atomic E-state index is 0.345. The molecule has 2 aromatic rings. The second-order valence-corrected chi connectivity index (χ2v) is 5.88. The van der Waals surface area contributed by atoms with Gasteiger partial charge in [-0.3, -0.25) is 4.98 Å². The number of rotatable bonds is 4. The summed E-state index contributed by atoms with van der Waals surface area (Å²) in [5, 5.41) is 3.64. The summed E-state index contributed by atoms with van der Waals surface area (Å²) in [6, 6.07) is 4.09. The number of nitrogens with zero attached hydrogens (tertiary/aromatic N) is 2. The van der Waals surface area contributed by atoms with Gasteiger partial charge in [0.2, 0.25) is 0 Å². The van der Waals surface area contributed by atoms with Crippen molar-refractivity contribution in [1.82, 2.24) is 15.3 Å². The molecule has 0 aromatic carbocycles. The quantitative estimate of drug-likeness (QED) is 0.683. The van der Waals surface area contributed by atoms with Gasteiger partial charge in [0.05, 0.1) is 30.8 Å². The number of nitrogens with one attached hydrogen (secondary N) is 1. The molecule has 6 heteroatoms. The van der Waals surface area contributed by atoms with Crippen LogP contribution in [-0.2, 0) is 0 Å². The van der Waals surface area contributed by atoms with Gasteiger partial charge in [-0.15, -0.1) is 0 Å². The summed E-state index contributed by atoms with van der Waals surface area (Å²) in [5.41, 5.74) is 2.25. The van der Waals surface area contributed by atoms with E-state index in [-0.39, 0.29) is 0 Å². The van der Waals surface area contributed by atoms with Crippen LogP contribution in [-0.4, -0.2) is 36.3 Å². The fourth-order valence-electron chi connectivity index (χ4n) is 2.17. The summed E-state index contributed by atoms with van der Waals surface area (Å²) < 4.78 is 10.9. The molecule has 124 valence electrons. The van der Waals surface area contributed by atoms with E-state index in [4.69, 9.17) is 21.1 Å². The number of ether oxygens (including phenoxy) is 2. The lowest BCUT2D eigenvalue weighted by atomic mass is 10.1. The van der Waals surface area contributed by atoms with Crippen molar-refractivity contribution in [3.8, 4) is 23.3 Å². The van der Waals surface area contributed by atoms with Gasteiger partial charge in [0.1, 0.15) is 23.3 Å². The van der Waals surface area contributed by atoms with E-state index in [9.17, 15) is 0 Å². The van der Waals surface area contributed by atoms with E-state index >= 15 is 0 Å². The minimum absolute atomic E-state index is 0.345. The predicted octanol–water partition coefficient (Wildman–Crippen LogP) is 2.59. The molecule has 2 aromatic heterocycles. The lowest BCUT2D eigenvalue weighted by molar-refractivity contribution is 0.217. The van der Waals surface area contributed by atoms with Crippen LogP contribution in [0.5, 0.6) is 11.5 Å². The van der Waals surface area contributed by atoms with Crippen LogP contribution < -0.4 is 14.8 Å². The highest BCUT2D eigenvalue weighted by Gasteiger charge is 2.16. The van der Waals surface area contributed by atoms with E-state index in [1.54, 1.807) is 25.6 Å². The van der Waals surface area contributed by atoms with Gasteiger partial charge in [0, 0.05) is 17.7 Å². The zero-order chi connectivity index (χ0) is 16.9. The molecule has 0 radical (unpaired) electrons. The molecular formula is C18H18ClN3O2. The largest absolute Gasteiger partial charge is 0.495 e. The standard InChI is InChI=1S/C18H18ClN3O2/c1-12-13(3-4-14-8-16(23-2)9-22-18(14)19)7-17(10-21-12)24-11-15-5-6-20-15/h7-10,15,20H,5-6,11H2,1-2H3. The summed E-state index contributed by atoms with van der Waals surface area (Å²) in [6.07, 6.45) is 4.43. The summed E-state index contributed by atoms with van der Waals surface area (Å²) >= 11 is 6.08. The van der Waals surface area contributed by atoms with Gasteiger partial charge in [-0.2, -0.15) is 0 Å². The van der Waals surface area contributed by atoms with Crippen LogP contribution in [0, 0.1) is 18.8 Å². The smallest absolute Gasteiger partial charge is 0.144 e. The lowest BCUT2D eigenvalue weighted by Crippen LogP contribution is -2.46. The topological polar surface area (TPSA) is 56.3 Å². The highest BCUT2D eigenvalue weighted by atomic mass is 35.5. The number of aromatic nitrogens is 2. The van der Waals surface area contributed by atoms with E-state index in [0.29, 0.717) is 34.9 Å². The van der Waals surface area contributed by atoms with Crippen molar-refractivity contribution in [1.29, 1.82) is 0 Å². The summed E-state index contributed by atoms with van der Waals surface area (Å²) in [5.74, 6) is 7.45. The molecule has 3 heterocycles. The summed E-state index contributed by atoms with van der Waals surface area (Å²) in [6.45, 7) is 3.61.